The van der Waals surface area contributed by atoms with Gasteiger partial charge in [0.15, 0.2) is 0 Å². The summed E-state index contributed by atoms with van der Waals surface area (Å²) in [5.41, 5.74) is 2.85. The molecule has 0 aliphatic heterocycles. The Bertz CT molecular complexity index is 817. The third-order valence-corrected chi connectivity index (χ3v) is 4.23. The number of rotatable bonds is 9. The summed E-state index contributed by atoms with van der Waals surface area (Å²) in [6.45, 7) is 1.29. The smallest absolute Gasteiger partial charge is 0.231 e. The molecule has 0 aliphatic carbocycles. The molecule has 0 spiro atoms. The van der Waals surface area contributed by atoms with Gasteiger partial charge < -0.3 is 20.7 Å². The molecule has 0 saturated heterocycles. The van der Waals surface area contributed by atoms with Crippen LogP contribution in [-0.4, -0.2) is 34.1 Å². The first-order valence-corrected chi connectivity index (χ1v) is 9.01. The number of aliphatic hydroxyl groups is 1. The molecule has 4 N–H and O–H groups in total. The fourth-order valence-corrected chi connectivity index (χ4v) is 2.77. The van der Waals surface area contributed by atoms with Gasteiger partial charge in [0.05, 0.1) is 12.5 Å². The Labute approximate surface area is 158 Å². The average molecular weight is 364 g/mol. The fourth-order valence-electron chi connectivity index (χ4n) is 2.77. The molecular formula is C21H24N4O2. The number of hydrogen-bond acceptors (Lipinski definition) is 4. The Kier molecular flexibility index (Phi) is 6.73. The molecule has 140 valence electrons. The van der Waals surface area contributed by atoms with Crippen LogP contribution in [0.3, 0.4) is 0 Å². The predicted molar refractivity (Wildman–Crippen MR) is 105 cm³/mol. The second kappa shape index (κ2) is 9.66. The molecule has 3 rings (SSSR count). The van der Waals surface area contributed by atoms with Gasteiger partial charge in [0.1, 0.15) is 5.82 Å². The second-order valence-electron chi connectivity index (χ2n) is 6.34. The minimum Gasteiger partial charge on any atom is -0.387 e. The maximum atomic E-state index is 12.0. The molecule has 0 radical (unpaired) electrons. The number of hydrogen-bond donors (Lipinski definition) is 4. The lowest BCUT2D eigenvalue weighted by Gasteiger charge is -2.12. The maximum Gasteiger partial charge on any atom is 0.231 e. The molecular weight excluding hydrogens is 340 g/mol. The van der Waals surface area contributed by atoms with Crippen LogP contribution in [0.25, 0.3) is 0 Å². The summed E-state index contributed by atoms with van der Waals surface area (Å²) >= 11 is 0. The fraction of sp³-hybridized carbons (Fsp3) is 0.238. The highest BCUT2D eigenvalue weighted by Crippen LogP contribution is 2.12. The molecule has 0 fully saturated rings. The van der Waals surface area contributed by atoms with Gasteiger partial charge >= 0.3 is 0 Å². The van der Waals surface area contributed by atoms with E-state index in [0.717, 1.165) is 24.2 Å². The van der Waals surface area contributed by atoms with Crippen molar-refractivity contribution in [2.45, 2.75) is 18.9 Å². The summed E-state index contributed by atoms with van der Waals surface area (Å²) in [4.78, 5) is 18.9. The molecule has 3 aromatic rings. The number of nitrogens with zero attached hydrogens (tertiary/aromatic N) is 1. The summed E-state index contributed by atoms with van der Waals surface area (Å²) in [6.07, 6.45) is 3.90. The van der Waals surface area contributed by atoms with Crippen LogP contribution in [0.4, 0.5) is 5.69 Å². The van der Waals surface area contributed by atoms with E-state index in [2.05, 4.69) is 20.6 Å². The molecule has 1 amide bonds. The maximum absolute atomic E-state index is 12.0. The van der Waals surface area contributed by atoms with Crippen LogP contribution in [-0.2, 0) is 17.6 Å². The van der Waals surface area contributed by atoms with Crippen molar-refractivity contribution in [3.8, 4) is 0 Å². The van der Waals surface area contributed by atoms with Crippen molar-refractivity contribution in [3.63, 3.8) is 0 Å². The van der Waals surface area contributed by atoms with E-state index in [1.54, 1.807) is 12.4 Å². The first kappa shape index (κ1) is 18.8. The van der Waals surface area contributed by atoms with Crippen molar-refractivity contribution < 1.29 is 9.90 Å². The van der Waals surface area contributed by atoms with Gasteiger partial charge in [-0.15, -0.1) is 0 Å². The molecule has 1 heterocycles. The highest BCUT2D eigenvalue weighted by Gasteiger charge is 2.07. The van der Waals surface area contributed by atoms with Crippen molar-refractivity contribution in [1.29, 1.82) is 0 Å². The summed E-state index contributed by atoms with van der Waals surface area (Å²) in [5.74, 6) is 0.544. The van der Waals surface area contributed by atoms with Crippen LogP contribution in [0.2, 0.25) is 0 Å². The first-order valence-electron chi connectivity index (χ1n) is 9.01. The molecule has 1 aromatic heterocycles. The summed E-state index contributed by atoms with van der Waals surface area (Å²) in [5, 5.41) is 16.3. The Hall–Kier alpha value is -2.96. The summed E-state index contributed by atoms with van der Waals surface area (Å²) in [7, 11) is 0. The SMILES string of the molecule is O=C(Cc1ncc[nH]1)Nc1ccc(CCNC[C@H](O)c2ccccc2)cc1. The monoisotopic (exact) mass is 364 g/mol. The minimum atomic E-state index is -0.502. The van der Waals surface area contributed by atoms with E-state index in [1.165, 1.54) is 5.56 Å². The summed E-state index contributed by atoms with van der Waals surface area (Å²) < 4.78 is 0. The zero-order chi connectivity index (χ0) is 18.9. The van der Waals surface area contributed by atoms with Crippen LogP contribution >= 0.6 is 0 Å². The van der Waals surface area contributed by atoms with Gasteiger partial charge in [0, 0.05) is 24.6 Å². The zero-order valence-corrected chi connectivity index (χ0v) is 15.1. The highest BCUT2D eigenvalue weighted by atomic mass is 16.3. The third-order valence-electron chi connectivity index (χ3n) is 4.23. The number of carbonyl (C=O) groups excluding carboxylic acids is 1. The Morgan fingerprint density at radius 2 is 1.89 bits per heavy atom. The van der Waals surface area contributed by atoms with E-state index in [-0.39, 0.29) is 12.3 Å². The van der Waals surface area contributed by atoms with Gasteiger partial charge in [0.25, 0.3) is 0 Å². The Balaban J connectivity index is 1.38. The van der Waals surface area contributed by atoms with Crippen LogP contribution < -0.4 is 10.6 Å². The number of imidazole rings is 1. The lowest BCUT2D eigenvalue weighted by atomic mass is 10.1. The number of aliphatic hydroxyl groups excluding tert-OH is 1. The largest absolute Gasteiger partial charge is 0.387 e. The normalized spacial score (nSPS) is 11.9. The molecule has 1 atom stereocenters. The zero-order valence-electron chi connectivity index (χ0n) is 15.1. The molecule has 0 bridgehead atoms. The molecule has 0 unspecified atom stereocenters. The van der Waals surface area contributed by atoms with Crippen LogP contribution in [0.15, 0.2) is 67.0 Å². The lowest BCUT2D eigenvalue weighted by molar-refractivity contribution is -0.115. The molecule has 6 heteroatoms. The van der Waals surface area contributed by atoms with Crippen molar-refractivity contribution >= 4 is 11.6 Å². The molecule has 27 heavy (non-hydrogen) atoms. The van der Waals surface area contributed by atoms with Gasteiger partial charge in [0.2, 0.25) is 5.91 Å². The standard InChI is InChI=1S/C21H24N4O2/c26-19(17-4-2-1-3-5-17)15-22-11-10-16-6-8-18(9-7-16)25-21(27)14-20-23-12-13-24-20/h1-9,12-13,19,22,26H,10-11,14-15H2,(H,23,24)(H,25,27)/t19-/m0/s1. The van der Waals surface area contributed by atoms with E-state index in [9.17, 15) is 9.90 Å². The van der Waals surface area contributed by atoms with Crippen molar-refractivity contribution in [3.05, 3.63) is 83.9 Å². The van der Waals surface area contributed by atoms with Crippen LogP contribution in [0.5, 0.6) is 0 Å². The number of nitrogens with one attached hydrogen (secondary N) is 3. The van der Waals surface area contributed by atoms with E-state index >= 15 is 0 Å². The topological polar surface area (TPSA) is 90.0 Å². The van der Waals surface area contributed by atoms with Crippen LogP contribution in [0.1, 0.15) is 23.1 Å². The van der Waals surface area contributed by atoms with Crippen molar-refractivity contribution in [2.75, 3.05) is 18.4 Å². The number of aromatic amines is 1. The lowest BCUT2D eigenvalue weighted by Crippen LogP contribution is -2.23. The minimum absolute atomic E-state index is 0.103. The number of carbonyl (C=O) groups is 1. The van der Waals surface area contributed by atoms with E-state index in [4.69, 9.17) is 0 Å². The predicted octanol–water partition coefficient (Wildman–Crippen LogP) is 2.46. The third kappa shape index (κ3) is 6.06. The first-order chi connectivity index (χ1) is 13.2. The second-order valence-corrected chi connectivity index (χ2v) is 6.34. The van der Waals surface area contributed by atoms with E-state index < -0.39 is 6.10 Å². The number of aromatic nitrogens is 2. The number of benzene rings is 2. The number of amides is 1. The summed E-state index contributed by atoms with van der Waals surface area (Å²) in [6, 6.07) is 17.4. The molecule has 2 aromatic carbocycles. The van der Waals surface area contributed by atoms with Crippen LogP contribution in [0, 0.1) is 0 Å². The van der Waals surface area contributed by atoms with Gasteiger partial charge in [-0.2, -0.15) is 0 Å². The van der Waals surface area contributed by atoms with Gasteiger partial charge in [-0.3, -0.25) is 4.79 Å². The number of H-pyrrole nitrogens is 1. The van der Waals surface area contributed by atoms with E-state index in [0.29, 0.717) is 12.4 Å². The molecule has 0 aliphatic rings. The average Bonchev–Trinajstić information content (AvgIpc) is 3.20. The van der Waals surface area contributed by atoms with Gasteiger partial charge in [-0.25, -0.2) is 4.98 Å². The Morgan fingerprint density at radius 1 is 1.11 bits per heavy atom. The van der Waals surface area contributed by atoms with E-state index in [1.807, 2.05) is 54.6 Å². The Morgan fingerprint density at radius 3 is 2.59 bits per heavy atom. The highest BCUT2D eigenvalue weighted by molar-refractivity contribution is 5.91. The van der Waals surface area contributed by atoms with Gasteiger partial charge in [-0.1, -0.05) is 42.5 Å². The van der Waals surface area contributed by atoms with Crippen molar-refractivity contribution in [2.24, 2.45) is 0 Å². The van der Waals surface area contributed by atoms with Gasteiger partial charge in [-0.05, 0) is 36.2 Å². The van der Waals surface area contributed by atoms with Crippen molar-refractivity contribution in [1.82, 2.24) is 15.3 Å². The number of anilines is 1. The quantitative estimate of drug-likeness (QED) is 0.439. The molecule has 0 saturated carbocycles. The molecule has 6 nitrogen and oxygen atoms in total.